The number of hydrogen-bond acceptors (Lipinski definition) is 8. The van der Waals surface area contributed by atoms with Gasteiger partial charge in [0.25, 0.3) is 0 Å². The summed E-state index contributed by atoms with van der Waals surface area (Å²) in [6.45, 7) is 24.2. The van der Waals surface area contributed by atoms with Gasteiger partial charge < -0.3 is 38.5 Å². The fourth-order valence-corrected chi connectivity index (χ4v) is 5.72. The molecular weight excluding hydrogens is 586 g/mol. The molecule has 2 aromatic carbocycles. The Balaban J connectivity index is 2.99. The van der Waals surface area contributed by atoms with Crippen molar-refractivity contribution in [3.05, 3.63) is 64.2 Å². The molecule has 0 aliphatic rings. The number of benzene rings is 2. The van der Waals surface area contributed by atoms with Gasteiger partial charge in [0.2, 0.25) is 0 Å². The first kappa shape index (κ1) is 38.0. The molecule has 43 heavy (non-hydrogen) atoms. The second-order valence-electron chi connectivity index (χ2n) is 15.6. The average molecular weight is 641 g/mol. The Labute approximate surface area is 261 Å². The van der Waals surface area contributed by atoms with E-state index >= 15 is 0 Å². The largest absolute Gasteiger partial charge is 0.485 e. The van der Waals surface area contributed by atoms with Crippen LogP contribution in [0.25, 0.3) is 0 Å². The highest BCUT2D eigenvalue weighted by Crippen LogP contribution is 2.48. The third-order valence-corrected chi connectivity index (χ3v) is 8.43. The smallest absolute Gasteiger partial charge is 0.327 e. The Morgan fingerprint density at radius 2 is 1.02 bits per heavy atom. The molecule has 0 spiro atoms. The highest BCUT2D eigenvalue weighted by Gasteiger charge is 2.46. The Morgan fingerprint density at radius 1 is 0.605 bits per heavy atom. The van der Waals surface area contributed by atoms with Gasteiger partial charge in [-0.25, -0.2) is 0 Å². The van der Waals surface area contributed by atoms with E-state index in [0.717, 1.165) is 27.8 Å². The van der Waals surface area contributed by atoms with Gasteiger partial charge in [-0.15, -0.1) is 0 Å². The number of ether oxygens (including phenoxy) is 1. The predicted octanol–water partition coefficient (Wildman–Crippen LogP) is 7.43. The van der Waals surface area contributed by atoms with Crippen LogP contribution >= 0.6 is 17.2 Å². The molecule has 0 radical (unpaired) electrons. The molecule has 1 atom stereocenters. The summed E-state index contributed by atoms with van der Waals surface area (Å²) in [6.07, 6.45) is -0.952. The lowest BCUT2D eigenvalue weighted by atomic mass is 9.72. The summed E-state index contributed by atoms with van der Waals surface area (Å²) < 4.78 is 17.6. The van der Waals surface area contributed by atoms with E-state index in [0.29, 0.717) is 5.75 Å². The van der Waals surface area contributed by atoms with Crippen molar-refractivity contribution >= 4 is 17.2 Å². The maximum absolute atomic E-state index is 11.0. The molecule has 8 nitrogen and oxygen atoms in total. The summed E-state index contributed by atoms with van der Waals surface area (Å²) in [4.78, 5) is 39.0. The Morgan fingerprint density at radius 3 is 1.40 bits per heavy atom. The zero-order valence-corrected chi connectivity index (χ0v) is 29.8. The van der Waals surface area contributed by atoms with Crippen molar-refractivity contribution in [3.8, 4) is 5.75 Å². The number of rotatable bonds is 11. The first-order valence-corrected chi connectivity index (χ1v) is 16.9. The van der Waals surface area contributed by atoms with Crippen molar-refractivity contribution in [1.29, 1.82) is 0 Å². The lowest BCUT2D eigenvalue weighted by molar-refractivity contribution is -0.0664. The quantitative estimate of drug-likeness (QED) is 0.161. The van der Waals surface area contributed by atoms with Crippen LogP contribution in [0.1, 0.15) is 117 Å². The summed E-state index contributed by atoms with van der Waals surface area (Å²) in [5.74, 6) is 0.591. The van der Waals surface area contributed by atoms with Crippen LogP contribution in [0.3, 0.4) is 0 Å². The van der Waals surface area contributed by atoms with Gasteiger partial charge in [0.05, 0.1) is 25.2 Å². The zero-order chi connectivity index (χ0) is 33.2. The maximum Gasteiger partial charge on any atom is 0.327 e. The highest BCUT2D eigenvalue weighted by molar-refractivity contribution is 7.39. The molecule has 0 aromatic heterocycles. The molecule has 0 saturated carbocycles. The Bertz CT molecular complexity index is 1190. The summed E-state index contributed by atoms with van der Waals surface area (Å²) in [7, 11) is -5.57. The van der Waals surface area contributed by atoms with E-state index < -0.39 is 35.3 Å². The van der Waals surface area contributed by atoms with Crippen LogP contribution in [-0.2, 0) is 30.7 Å². The normalized spacial score (nSPS) is 14.5. The van der Waals surface area contributed by atoms with E-state index in [1.165, 1.54) is 0 Å². The minimum Gasteiger partial charge on any atom is -0.485 e. The molecule has 2 aromatic rings. The van der Waals surface area contributed by atoms with E-state index in [9.17, 15) is 24.7 Å². The first-order chi connectivity index (χ1) is 19.4. The summed E-state index contributed by atoms with van der Waals surface area (Å²) >= 11 is 0. The lowest BCUT2D eigenvalue weighted by Crippen LogP contribution is -2.44. The van der Waals surface area contributed by atoms with Gasteiger partial charge in [0, 0.05) is 0 Å². The first-order valence-electron chi connectivity index (χ1n) is 14.6. The van der Waals surface area contributed by atoms with Crippen molar-refractivity contribution in [2.45, 2.75) is 111 Å². The molecule has 1 unspecified atom stereocenters. The van der Waals surface area contributed by atoms with Gasteiger partial charge in [-0.05, 0) is 55.5 Å². The molecule has 244 valence electrons. The summed E-state index contributed by atoms with van der Waals surface area (Å²) in [6, 6.07) is 12.3. The van der Waals surface area contributed by atoms with Crippen molar-refractivity contribution in [2.24, 2.45) is 5.41 Å². The number of aliphatic hydroxyl groups excluding tert-OH is 1. The minimum atomic E-state index is -2.78. The Hall–Kier alpha value is -1.18. The monoisotopic (exact) mass is 640 g/mol. The van der Waals surface area contributed by atoms with Gasteiger partial charge in [0.1, 0.15) is 11.9 Å². The van der Waals surface area contributed by atoms with Crippen LogP contribution in [0.4, 0.5) is 0 Å². The average Bonchev–Trinajstić information content (AvgIpc) is 2.85. The van der Waals surface area contributed by atoms with Crippen molar-refractivity contribution in [3.63, 3.8) is 0 Å². The molecule has 0 heterocycles. The predicted molar refractivity (Wildman–Crippen MR) is 175 cm³/mol. The van der Waals surface area contributed by atoms with Crippen LogP contribution in [0.2, 0.25) is 0 Å². The van der Waals surface area contributed by atoms with Gasteiger partial charge in [0.15, 0.2) is 0 Å². The van der Waals surface area contributed by atoms with Gasteiger partial charge in [-0.1, -0.05) is 113 Å². The van der Waals surface area contributed by atoms with E-state index in [-0.39, 0.29) is 34.9 Å². The highest BCUT2D eigenvalue weighted by atomic mass is 31.2. The molecule has 0 aliphatic heterocycles. The zero-order valence-electron chi connectivity index (χ0n) is 28.0. The standard InChI is InChI=1S/C33H54O8P2/c1-29(2,3)22-13-15-24(25(17-22)31(7,8)9)28(33(19-34,20-39-42(35)36)21-40-43(37)38)41-27-16-14-23(30(4,5)6)18-26(27)32(10,11)12/h13-18,28,34-38H,19-21H2,1-12H3. The maximum atomic E-state index is 11.0. The molecule has 0 fully saturated rings. The van der Waals surface area contributed by atoms with Crippen molar-refractivity contribution in [2.75, 3.05) is 19.8 Å². The molecular formula is C33H54O8P2. The number of aliphatic hydroxyl groups is 1. The van der Waals surface area contributed by atoms with Crippen molar-refractivity contribution in [1.82, 2.24) is 0 Å². The fourth-order valence-electron chi connectivity index (χ4n) is 4.97. The number of hydrogen-bond donors (Lipinski definition) is 5. The van der Waals surface area contributed by atoms with Gasteiger partial charge in [-0.3, -0.25) is 0 Å². The van der Waals surface area contributed by atoms with Gasteiger partial charge >= 0.3 is 17.2 Å². The summed E-state index contributed by atoms with van der Waals surface area (Å²) in [5, 5.41) is 11.0. The topological polar surface area (TPSA) is 129 Å². The van der Waals surface area contributed by atoms with Crippen LogP contribution in [0.5, 0.6) is 5.75 Å². The van der Waals surface area contributed by atoms with E-state index in [2.05, 4.69) is 95.2 Å². The minimum absolute atomic E-state index is 0.102. The van der Waals surface area contributed by atoms with Crippen LogP contribution in [-0.4, -0.2) is 44.5 Å². The summed E-state index contributed by atoms with van der Waals surface area (Å²) in [5.41, 5.74) is 2.58. The Kier molecular flexibility index (Phi) is 12.4. The van der Waals surface area contributed by atoms with Gasteiger partial charge in [-0.2, -0.15) is 0 Å². The molecule has 0 saturated heterocycles. The third-order valence-electron chi connectivity index (χ3n) is 7.71. The van der Waals surface area contributed by atoms with Crippen LogP contribution in [0.15, 0.2) is 36.4 Å². The molecule has 0 bridgehead atoms. The second-order valence-corrected chi connectivity index (χ2v) is 17.1. The SMILES string of the molecule is CC(C)(C)c1ccc(OC(c2ccc(C(C)(C)C)cc2C(C)(C)C)C(CO)(COP(O)O)COP(O)O)c(C(C)(C)C)c1. The van der Waals surface area contributed by atoms with E-state index in [4.69, 9.17) is 13.8 Å². The van der Waals surface area contributed by atoms with Crippen molar-refractivity contribution < 1.29 is 38.5 Å². The van der Waals surface area contributed by atoms with Crippen LogP contribution < -0.4 is 4.74 Å². The second kappa shape index (κ2) is 14.1. The third kappa shape index (κ3) is 10.2. The molecule has 0 amide bonds. The fraction of sp³-hybridized carbons (Fsp3) is 0.636. The van der Waals surface area contributed by atoms with E-state index in [1.807, 2.05) is 24.3 Å². The lowest BCUT2D eigenvalue weighted by Gasteiger charge is -2.42. The molecule has 5 N–H and O–H groups in total. The molecule has 0 aliphatic carbocycles. The molecule has 10 heteroatoms. The van der Waals surface area contributed by atoms with E-state index in [1.54, 1.807) is 0 Å². The van der Waals surface area contributed by atoms with Crippen LogP contribution in [0, 0.1) is 5.41 Å². The molecule has 2 rings (SSSR count).